The average Bonchev–Trinajstić information content (AvgIpc) is 2.39. The molecule has 2 rings (SSSR count). The minimum absolute atomic E-state index is 0.407. The van der Waals surface area contributed by atoms with E-state index in [1.807, 2.05) is 0 Å². The van der Waals surface area contributed by atoms with Gasteiger partial charge in [-0.2, -0.15) is 0 Å². The molecule has 0 bridgehead atoms. The summed E-state index contributed by atoms with van der Waals surface area (Å²) in [5.74, 6) is 0. The Morgan fingerprint density at radius 1 is 1.12 bits per heavy atom. The van der Waals surface area contributed by atoms with Gasteiger partial charge >= 0.3 is 0 Å². The van der Waals surface area contributed by atoms with Crippen molar-refractivity contribution in [1.29, 1.82) is 0 Å². The van der Waals surface area contributed by atoms with Crippen molar-refractivity contribution in [3.05, 3.63) is 35.9 Å². The van der Waals surface area contributed by atoms with E-state index in [0.717, 1.165) is 0 Å². The molecule has 1 heteroatoms. The van der Waals surface area contributed by atoms with Gasteiger partial charge in [0.1, 0.15) is 0 Å². The van der Waals surface area contributed by atoms with Gasteiger partial charge in [-0.05, 0) is 49.9 Å². The van der Waals surface area contributed by atoms with Gasteiger partial charge in [0.2, 0.25) is 0 Å². The summed E-state index contributed by atoms with van der Waals surface area (Å²) in [6.07, 6.45) is 5.27. The molecule has 0 atom stereocenters. The van der Waals surface area contributed by atoms with Crippen LogP contribution in [-0.2, 0) is 5.41 Å². The Balaban J connectivity index is 1.93. The molecule has 1 aromatic carbocycles. The van der Waals surface area contributed by atoms with Crippen molar-refractivity contribution in [2.75, 3.05) is 19.6 Å². The second-order valence-corrected chi connectivity index (χ2v) is 5.62. The van der Waals surface area contributed by atoms with Crippen LogP contribution in [0.5, 0.6) is 0 Å². The van der Waals surface area contributed by atoms with E-state index in [1.165, 1.54) is 50.9 Å². The van der Waals surface area contributed by atoms with Crippen LogP contribution in [0.2, 0.25) is 0 Å². The van der Waals surface area contributed by atoms with Crippen LogP contribution in [0, 0.1) is 0 Å². The van der Waals surface area contributed by atoms with Crippen molar-refractivity contribution < 1.29 is 0 Å². The van der Waals surface area contributed by atoms with Crippen molar-refractivity contribution in [2.24, 2.45) is 0 Å². The minimum atomic E-state index is 0.407. The van der Waals surface area contributed by atoms with E-state index in [1.54, 1.807) is 0 Å². The van der Waals surface area contributed by atoms with Gasteiger partial charge in [-0.15, -0.1) is 0 Å². The molecule has 1 saturated heterocycles. The highest BCUT2D eigenvalue weighted by atomic mass is 15.1. The van der Waals surface area contributed by atoms with Crippen LogP contribution >= 0.6 is 0 Å². The Hall–Kier alpha value is -0.820. The fourth-order valence-electron chi connectivity index (χ4n) is 2.78. The van der Waals surface area contributed by atoms with Gasteiger partial charge in [0.05, 0.1) is 0 Å². The zero-order chi connectivity index (χ0) is 12.1. The highest BCUT2D eigenvalue weighted by molar-refractivity contribution is 5.25. The molecule has 0 unspecified atom stereocenters. The molecule has 0 saturated carbocycles. The molecule has 0 aromatic heterocycles. The van der Waals surface area contributed by atoms with Gasteiger partial charge in [0.25, 0.3) is 0 Å². The summed E-state index contributed by atoms with van der Waals surface area (Å²) in [4.78, 5) is 2.63. The smallest absolute Gasteiger partial charge is 0.00103 e. The fraction of sp³-hybridized carbons (Fsp3) is 0.625. The van der Waals surface area contributed by atoms with Crippen LogP contribution in [-0.4, -0.2) is 24.5 Å². The monoisotopic (exact) mass is 231 g/mol. The quantitative estimate of drug-likeness (QED) is 0.761. The summed E-state index contributed by atoms with van der Waals surface area (Å²) in [7, 11) is 0. The Bertz CT molecular complexity index is 323. The van der Waals surface area contributed by atoms with Crippen LogP contribution in [0.1, 0.15) is 45.1 Å². The van der Waals surface area contributed by atoms with Crippen molar-refractivity contribution in [3.8, 4) is 0 Å². The molecular formula is C16H25N. The first-order valence-corrected chi connectivity index (χ1v) is 7.02. The highest BCUT2D eigenvalue weighted by Gasteiger charge is 2.30. The summed E-state index contributed by atoms with van der Waals surface area (Å²) in [6, 6.07) is 11.0. The van der Waals surface area contributed by atoms with E-state index in [9.17, 15) is 0 Å². The molecule has 1 heterocycles. The molecule has 0 N–H and O–H groups in total. The number of rotatable bonds is 4. The van der Waals surface area contributed by atoms with Crippen molar-refractivity contribution >= 4 is 0 Å². The Kier molecular flexibility index (Phi) is 4.22. The maximum Gasteiger partial charge on any atom is -0.00103 e. The lowest BCUT2D eigenvalue weighted by atomic mass is 9.74. The SMILES string of the molecule is CCCCN1CCC(C)(c2ccccc2)CC1. The highest BCUT2D eigenvalue weighted by Crippen LogP contribution is 2.34. The van der Waals surface area contributed by atoms with Gasteiger partial charge < -0.3 is 4.90 Å². The van der Waals surface area contributed by atoms with Gasteiger partial charge in [0.15, 0.2) is 0 Å². The predicted molar refractivity (Wildman–Crippen MR) is 74.4 cm³/mol. The lowest BCUT2D eigenvalue weighted by molar-refractivity contribution is 0.167. The molecule has 94 valence electrons. The lowest BCUT2D eigenvalue weighted by Crippen LogP contribution is -2.41. The maximum atomic E-state index is 2.63. The Labute approximate surface area is 106 Å². The number of benzene rings is 1. The number of piperidine rings is 1. The third-order valence-corrected chi connectivity index (χ3v) is 4.26. The van der Waals surface area contributed by atoms with Crippen molar-refractivity contribution in [3.63, 3.8) is 0 Å². The van der Waals surface area contributed by atoms with E-state index in [0.29, 0.717) is 5.41 Å². The van der Waals surface area contributed by atoms with Crippen LogP contribution in [0.3, 0.4) is 0 Å². The second kappa shape index (κ2) is 5.68. The van der Waals surface area contributed by atoms with Gasteiger partial charge in [-0.1, -0.05) is 50.6 Å². The number of likely N-dealkylation sites (tertiary alicyclic amines) is 1. The van der Waals surface area contributed by atoms with Crippen molar-refractivity contribution in [2.45, 2.75) is 44.9 Å². The number of unbranched alkanes of at least 4 members (excludes halogenated alkanes) is 1. The summed E-state index contributed by atoms with van der Waals surface area (Å²) in [5.41, 5.74) is 1.93. The van der Waals surface area contributed by atoms with E-state index >= 15 is 0 Å². The summed E-state index contributed by atoms with van der Waals surface area (Å²) < 4.78 is 0. The predicted octanol–water partition coefficient (Wildman–Crippen LogP) is 3.84. The van der Waals surface area contributed by atoms with E-state index in [-0.39, 0.29) is 0 Å². The Morgan fingerprint density at radius 3 is 2.35 bits per heavy atom. The van der Waals surface area contributed by atoms with Crippen LogP contribution < -0.4 is 0 Å². The van der Waals surface area contributed by atoms with E-state index < -0.39 is 0 Å². The molecule has 1 aliphatic rings. The third-order valence-electron chi connectivity index (χ3n) is 4.26. The summed E-state index contributed by atoms with van der Waals surface area (Å²) >= 11 is 0. The molecular weight excluding hydrogens is 206 g/mol. The van der Waals surface area contributed by atoms with Gasteiger partial charge in [0, 0.05) is 0 Å². The third kappa shape index (κ3) is 3.10. The van der Waals surface area contributed by atoms with Crippen LogP contribution in [0.4, 0.5) is 0 Å². The van der Waals surface area contributed by atoms with Crippen LogP contribution in [0.15, 0.2) is 30.3 Å². The molecule has 1 aromatic rings. The normalized spacial score (nSPS) is 20.4. The zero-order valence-corrected chi connectivity index (χ0v) is 11.3. The molecule has 1 nitrogen and oxygen atoms in total. The summed E-state index contributed by atoms with van der Waals surface area (Å²) in [5, 5.41) is 0. The lowest BCUT2D eigenvalue weighted by Gasteiger charge is -2.40. The fourth-order valence-corrected chi connectivity index (χ4v) is 2.78. The number of nitrogens with zero attached hydrogens (tertiary/aromatic N) is 1. The Morgan fingerprint density at radius 2 is 1.76 bits per heavy atom. The first-order valence-electron chi connectivity index (χ1n) is 7.02. The van der Waals surface area contributed by atoms with Gasteiger partial charge in [-0.3, -0.25) is 0 Å². The number of hydrogen-bond donors (Lipinski definition) is 0. The maximum absolute atomic E-state index is 2.63. The van der Waals surface area contributed by atoms with Gasteiger partial charge in [-0.25, -0.2) is 0 Å². The molecule has 17 heavy (non-hydrogen) atoms. The molecule has 0 aliphatic carbocycles. The molecule has 0 radical (unpaired) electrons. The topological polar surface area (TPSA) is 3.24 Å². The van der Waals surface area contributed by atoms with E-state index in [4.69, 9.17) is 0 Å². The second-order valence-electron chi connectivity index (χ2n) is 5.62. The van der Waals surface area contributed by atoms with Crippen LogP contribution in [0.25, 0.3) is 0 Å². The average molecular weight is 231 g/mol. The minimum Gasteiger partial charge on any atom is -0.303 e. The largest absolute Gasteiger partial charge is 0.303 e. The molecule has 0 amide bonds. The standard InChI is InChI=1S/C16H25N/c1-3-4-12-17-13-10-16(2,11-14-17)15-8-6-5-7-9-15/h5-9H,3-4,10-14H2,1-2H3. The molecule has 1 fully saturated rings. The number of hydrogen-bond acceptors (Lipinski definition) is 1. The first kappa shape index (κ1) is 12.6. The van der Waals surface area contributed by atoms with Crippen molar-refractivity contribution in [1.82, 2.24) is 4.90 Å². The molecule has 1 aliphatic heterocycles. The zero-order valence-electron chi connectivity index (χ0n) is 11.3. The first-order chi connectivity index (χ1) is 8.24. The molecule has 0 spiro atoms. The van der Waals surface area contributed by atoms with E-state index in [2.05, 4.69) is 49.1 Å². The summed E-state index contributed by atoms with van der Waals surface area (Å²) in [6.45, 7) is 8.54.